The lowest BCUT2D eigenvalue weighted by atomic mass is 10.1. The first kappa shape index (κ1) is 15.6. The van der Waals surface area contributed by atoms with Crippen LogP contribution in [0.3, 0.4) is 0 Å². The molecule has 2 amide bonds. The third-order valence-electron chi connectivity index (χ3n) is 3.12. The van der Waals surface area contributed by atoms with Crippen LogP contribution in [0.2, 0.25) is 0 Å². The van der Waals surface area contributed by atoms with E-state index in [-0.39, 0.29) is 6.03 Å². The molecule has 3 nitrogen and oxygen atoms in total. The molecule has 0 unspecified atom stereocenters. The van der Waals surface area contributed by atoms with Gasteiger partial charge in [0.15, 0.2) is 0 Å². The Morgan fingerprint density at radius 1 is 1.10 bits per heavy atom. The third kappa shape index (κ3) is 4.90. The molecule has 2 rings (SSSR count). The third-order valence-corrected chi connectivity index (χ3v) is 3.89. The molecule has 2 aromatic rings. The largest absolute Gasteiger partial charge is 0.338 e. The molecule has 0 fully saturated rings. The number of benzene rings is 2. The lowest BCUT2D eigenvalue weighted by Crippen LogP contribution is -2.30. The van der Waals surface area contributed by atoms with Crippen LogP contribution in [-0.4, -0.2) is 12.6 Å². The number of nitrogens with one attached hydrogen (secondary N) is 2. The number of aryl methyl sites for hydroxylation is 2. The Hall–Kier alpha value is -1.81. The second-order valence-electron chi connectivity index (χ2n) is 5.10. The van der Waals surface area contributed by atoms with Crippen LogP contribution in [0.15, 0.2) is 46.9 Å². The fourth-order valence-electron chi connectivity index (χ4n) is 2.23. The zero-order valence-electron chi connectivity index (χ0n) is 12.2. The van der Waals surface area contributed by atoms with E-state index in [4.69, 9.17) is 0 Å². The Kier molecular flexibility index (Phi) is 5.39. The summed E-state index contributed by atoms with van der Waals surface area (Å²) < 4.78 is 1.07. The topological polar surface area (TPSA) is 41.1 Å². The number of halogens is 1. The monoisotopic (exact) mass is 346 g/mol. The van der Waals surface area contributed by atoms with Crippen molar-refractivity contribution in [2.45, 2.75) is 20.3 Å². The summed E-state index contributed by atoms with van der Waals surface area (Å²) in [6, 6.07) is 13.9. The van der Waals surface area contributed by atoms with Crippen molar-refractivity contribution < 1.29 is 4.79 Å². The molecule has 110 valence electrons. The summed E-state index contributed by atoms with van der Waals surface area (Å²) in [6.45, 7) is 4.63. The van der Waals surface area contributed by atoms with Crippen LogP contribution < -0.4 is 10.6 Å². The first-order valence-electron chi connectivity index (χ1n) is 6.91. The number of urea groups is 1. The van der Waals surface area contributed by atoms with Gasteiger partial charge in [0.2, 0.25) is 0 Å². The minimum atomic E-state index is -0.174. The Morgan fingerprint density at radius 3 is 2.43 bits per heavy atom. The van der Waals surface area contributed by atoms with Gasteiger partial charge in [-0.3, -0.25) is 0 Å². The zero-order chi connectivity index (χ0) is 15.2. The van der Waals surface area contributed by atoms with E-state index < -0.39 is 0 Å². The first-order valence-corrected chi connectivity index (χ1v) is 7.70. The number of amides is 2. The maximum absolute atomic E-state index is 11.9. The van der Waals surface area contributed by atoms with E-state index in [0.29, 0.717) is 6.54 Å². The van der Waals surface area contributed by atoms with E-state index in [1.807, 2.05) is 50.2 Å². The highest BCUT2D eigenvalue weighted by molar-refractivity contribution is 9.10. The SMILES string of the molecule is Cc1cc(C)cc(NC(=O)NCCc2ccccc2Br)c1. The van der Waals surface area contributed by atoms with Crippen LogP contribution in [0.5, 0.6) is 0 Å². The molecule has 0 atom stereocenters. The fraction of sp³-hybridized carbons (Fsp3) is 0.235. The summed E-state index contributed by atoms with van der Waals surface area (Å²) in [5, 5.41) is 5.74. The van der Waals surface area contributed by atoms with Crippen LogP contribution >= 0.6 is 15.9 Å². The molecule has 0 aliphatic carbocycles. The van der Waals surface area contributed by atoms with Gasteiger partial charge in [-0.2, -0.15) is 0 Å². The highest BCUT2D eigenvalue weighted by Gasteiger charge is 2.03. The summed E-state index contributed by atoms with van der Waals surface area (Å²) in [5.74, 6) is 0. The quantitative estimate of drug-likeness (QED) is 0.844. The number of rotatable bonds is 4. The predicted octanol–water partition coefficient (Wildman–Crippen LogP) is 4.43. The van der Waals surface area contributed by atoms with E-state index in [9.17, 15) is 4.79 Å². The lowest BCUT2D eigenvalue weighted by Gasteiger charge is -2.10. The molecule has 0 radical (unpaired) electrons. The summed E-state index contributed by atoms with van der Waals surface area (Å²) in [6.07, 6.45) is 0.793. The van der Waals surface area contributed by atoms with Crippen molar-refractivity contribution in [1.29, 1.82) is 0 Å². The van der Waals surface area contributed by atoms with Crippen molar-refractivity contribution in [2.24, 2.45) is 0 Å². The highest BCUT2D eigenvalue weighted by atomic mass is 79.9. The molecule has 0 spiro atoms. The van der Waals surface area contributed by atoms with E-state index in [1.165, 1.54) is 5.56 Å². The van der Waals surface area contributed by atoms with Crippen LogP contribution in [0.4, 0.5) is 10.5 Å². The van der Waals surface area contributed by atoms with E-state index in [2.05, 4.69) is 32.6 Å². The lowest BCUT2D eigenvalue weighted by molar-refractivity contribution is 0.252. The standard InChI is InChI=1S/C17H19BrN2O/c1-12-9-13(2)11-15(10-12)20-17(21)19-8-7-14-5-3-4-6-16(14)18/h3-6,9-11H,7-8H2,1-2H3,(H2,19,20,21). The summed E-state index contributed by atoms with van der Waals surface area (Å²) in [7, 11) is 0. The smallest absolute Gasteiger partial charge is 0.319 e. The second kappa shape index (κ2) is 7.27. The van der Waals surface area contributed by atoms with Crippen molar-refractivity contribution >= 4 is 27.6 Å². The van der Waals surface area contributed by atoms with Gasteiger partial charge in [-0.15, -0.1) is 0 Å². The predicted molar refractivity (Wildman–Crippen MR) is 90.8 cm³/mol. The molecule has 0 saturated carbocycles. The molecule has 4 heteroatoms. The van der Waals surface area contributed by atoms with Crippen LogP contribution in [0.25, 0.3) is 0 Å². The Morgan fingerprint density at radius 2 is 1.76 bits per heavy atom. The zero-order valence-corrected chi connectivity index (χ0v) is 13.8. The molecular weight excluding hydrogens is 328 g/mol. The number of carbonyl (C=O) groups is 1. The molecule has 2 N–H and O–H groups in total. The van der Waals surface area contributed by atoms with Crippen molar-refractivity contribution in [3.8, 4) is 0 Å². The van der Waals surface area contributed by atoms with Crippen molar-refractivity contribution in [3.05, 3.63) is 63.6 Å². The summed E-state index contributed by atoms with van der Waals surface area (Å²) in [4.78, 5) is 11.9. The highest BCUT2D eigenvalue weighted by Crippen LogP contribution is 2.16. The van der Waals surface area contributed by atoms with Gasteiger partial charge in [0.05, 0.1) is 0 Å². The minimum Gasteiger partial charge on any atom is -0.338 e. The fourth-order valence-corrected chi connectivity index (χ4v) is 2.72. The van der Waals surface area contributed by atoms with Gasteiger partial charge in [-0.1, -0.05) is 40.2 Å². The molecule has 0 aliphatic rings. The van der Waals surface area contributed by atoms with Gasteiger partial charge < -0.3 is 10.6 Å². The van der Waals surface area contributed by atoms with Crippen molar-refractivity contribution in [2.75, 3.05) is 11.9 Å². The maximum atomic E-state index is 11.9. The van der Waals surface area contributed by atoms with Gasteiger partial charge in [-0.05, 0) is 55.2 Å². The molecule has 2 aromatic carbocycles. The van der Waals surface area contributed by atoms with E-state index >= 15 is 0 Å². The number of carbonyl (C=O) groups excluding carboxylic acids is 1. The van der Waals surface area contributed by atoms with Crippen molar-refractivity contribution in [1.82, 2.24) is 5.32 Å². The first-order chi connectivity index (χ1) is 10.0. The van der Waals surface area contributed by atoms with Gasteiger partial charge in [0.25, 0.3) is 0 Å². The Balaban J connectivity index is 1.84. The number of hydrogen-bond donors (Lipinski definition) is 2. The normalized spacial score (nSPS) is 10.2. The molecule has 0 saturated heterocycles. The molecule has 21 heavy (non-hydrogen) atoms. The minimum absolute atomic E-state index is 0.174. The number of anilines is 1. The molecule has 0 heterocycles. The van der Waals surface area contributed by atoms with E-state index in [1.54, 1.807) is 0 Å². The maximum Gasteiger partial charge on any atom is 0.319 e. The molecule has 0 aromatic heterocycles. The van der Waals surface area contributed by atoms with Crippen LogP contribution in [0, 0.1) is 13.8 Å². The van der Waals surface area contributed by atoms with Crippen LogP contribution in [-0.2, 0) is 6.42 Å². The Labute approximate surface area is 133 Å². The molecule has 0 aliphatic heterocycles. The second-order valence-corrected chi connectivity index (χ2v) is 5.95. The van der Waals surface area contributed by atoms with Crippen LogP contribution in [0.1, 0.15) is 16.7 Å². The summed E-state index contributed by atoms with van der Waals surface area (Å²) in [5.41, 5.74) is 4.28. The Bertz CT molecular complexity index is 620. The van der Waals surface area contributed by atoms with Crippen molar-refractivity contribution in [3.63, 3.8) is 0 Å². The average molecular weight is 347 g/mol. The van der Waals surface area contributed by atoms with Gasteiger partial charge in [0, 0.05) is 16.7 Å². The van der Waals surface area contributed by atoms with E-state index in [0.717, 1.165) is 27.7 Å². The average Bonchev–Trinajstić information content (AvgIpc) is 2.39. The molecule has 0 bridgehead atoms. The van der Waals surface area contributed by atoms with Gasteiger partial charge in [0.1, 0.15) is 0 Å². The van der Waals surface area contributed by atoms with Gasteiger partial charge >= 0.3 is 6.03 Å². The summed E-state index contributed by atoms with van der Waals surface area (Å²) >= 11 is 3.50. The number of hydrogen-bond acceptors (Lipinski definition) is 1. The van der Waals surface area contributed by atoms with Gasteiger partial charge in [-0.25, -0.2) is 4.79 Å². The molecular formula is C17H19BrN2O.